The molecular weight excluding hydrogens is 354 g/mol. The fraction of sp³-hybridized carbons (Fsp3) is 0.450. The first kappa shape index (κ1) is 21.4. The molecule has 1 aromatic heterocycles. The molecule has 1 aromatic rings. The molecule has 1 fully saturated rings. The SMILES string of the molecule is C=CC=NC(=C)NCN(C)/C(=C\C(=N)N1CCOC[C@H]1C)c1c(C)ncn1C. The number of aromatic nitrogens is 2. The van der Waals surface area contributed by atoms with Gasteiger partial charge in [-0.05, 0) is 13.8 Å². The number of hydrogen-bond donors (Lipinski definition) is 2. The number of nitrogens with zero attached hydrogens (tertiary/aromatic N) is 5. The van der Waals surface area contributed by atoms with Crippen molar-refractivity contribution < 1.29 is 4.74 Å². The van der Waals surface area contributed by atoms with Gasteiger partial charge in [-0.2, -0.15) is 0 Å². The van der Waals surface area contributed by atoms with E-state index in [2.05, 4.69) is 40.3 Å². The van der Waals surface area contributed by atoms with Crippen molar-refractivity contribution in [2.24, 2.45) is 12.0 Å². The summed E-state index contributed by atoms with van der Waals surface area (Å²) in [5.74, 6) is 1.01. The van der Waals surface area contributed by atoms with Gasteiger partial charge in [-0.25, -0.2) is 9.98 Å². The zero-order valence-corrected chi connectivity index (χ0v) is 17.3. The van der Waals surface area contributed by atoms with Crippen LogP contribution in [0.4, 0.5) is 0 Å². The number of hydrogen-bond acceptors (Lipinski definition) is 6. The molecule has 0 aromatic carbocycles. The summed E-state index contributed by atoms with van der Waals surface area (Å²) < 4.78 is 7.47. The van der Waals surface area contributed by atoms with Gasteiger partial charge < -0.3 is 24.4 Å². The number of ether oxygens (including phenoxy) is 1. The maximum Gasteiger partial charge on any atom is 0.123 e. The van der Waals surface area contributed by atoms with Crippen molar-refractivity contribution in [3.8, 4) is 0 Å². The lowest BCUT2D eigenvalue weighted by Crippen LogP contribution is -2.46. The minimum atomic E-state index is 0.169. The highest BCUT2D eigenvalue weighted by Crippen LogP contribution is 2.21. The van der Waals surface area contributed by atoms with Crippen LogP contribution in [0.15, 0.2) is 42.5 Å². The predicted molar refractivity (Wildman–Crippen MR) is 114 cm³/mol. The summed E-state index contributed by atoms with van der Waals surface area (Å²) >= 11 is 0. The Hall–Kier alpha value is -2.87. The summed E-state index contributed by atoms with van der Waals surface area (Å²) in [5, 5.41) is 11.8. The van der Waals surface area contributed by atoms with Gasteiger partial charge in [0, 0.05) is 32.9 Å². The second kappa shape index (κ2) is 9.89. The highest BCUT2D eigenvalue weighted by atomic mass is 16.5. The van der Waals surface area contributed by atoms with Crippen LogP contribution in [0.3, 0.4) is 0 Å². The summed E-state index contributed by atoms with van der Waals surface area (Å²) in [6, 6.07) is 0.169. The Bertz CT molecular complexity index is 758. The van der Waals surface area contributed by atoms with Gasteiger partial charge in [0.1, 0.15) is 11.7 Å². The normalized spacial score (nSPS) is 17.6. The fourth-order valence-corrected chi connectivity index (χ4v) is 3.05. The zero-order chi connectivity index (χ0) is 20.7. The molecule has 2 heterocycles. The van der Waals surface area contributed by atoms with Crippen LogP contribution in [0.2, 0.25) is 0 Å². The lowest BCUT2D eigenvalue weighted by molar-refractivity contribution is 0.0333. The molecule has 2 rings (SSSR count). The van der Waals surface area contributed by atoms with Crippen molar-refractivity contribution in [1.29, 1.82) is 5.41 Å². The minimum absolute atomic E-state index is 0.169. The number of morpholine rings is 1. The van der Waals surface area contributed by atoms with Gasteiger partial charge in [0.05, 0.1) is 49.3 Å². The van der Waals surface area contributed by atoms with Gasteiger partial charge in [-0.15, -0.1) is 0 Å². The van der Waals surface area contributed by atoms with Crippen LogP contribution < -0.4 is 5.32 Å². The van der Waals surface area contributed by atoms with E-state index in [0.717, 1.165) is 17.1 Å². The molecule has 8 heteroatoms. The molecule has 28 heavy (non-hydrogen) atoms. The summed E-state index contributed by atoms with van der Waals surface area (Å²) in [5.41, 5.74) is 2.77. The van der Waals surface area contributed by atoms with E-state index in [1.807, 2.05) is 36.6 Å². The molecule has 8 nitrogen and oxygen atoms in total. The molecule has 0 amide bonds. The molecule has 0 bridgehead atoms. The largest absolute Gasteiger partial charge is 0.377 e. The van der Waals surface area contributed by atoms with Gasteiger partial charge in [-0.1, -0.05) is 19.2 Å². The standard InChI is InChI=1S/C20H31N7O/c1-7-8-22-17(4)24-14-25(5)18(20-16(3)23-13-26(20)6)11-19(21)27-9-10-28-12-15(27)2/h7-8,11,13,15,21,24H,1,4,9-10,12,14H2,2-3,5-6H3/b18-11-,21-19?,22-8?/t15-/m1/s1. The molecular formula is C20H31N7O. The van der Waals surface area contributed by atoms with Crippen LogP contribution in [-0.4, -0.2) is 70.9 Å². The third kappa shape index (κ3) is 5.32. The Morgan fingerprint density at radius 3 is 2.93 bits per heavy atom. The third-order valence-electron chi connectivity index (χ3n) is 4.58. The lowest BCUT2D eigenvalue weighted by Gasteiger charge is -2.35. The molecule has 0 aliphatic carbocycles. The Labute approximate surface area is 167 Å². The third-order valence-corrected chi connectivity index (χ3v) is 4.58. The van der Waals surface area contributed by atoms with E-state index in [1.165, 1.54) is 0 Å². The van der Waals surface area contributed by atoms with Crippen LogP contribution in [0, 0.1) is 12.3 Å². The van der Waals surface area contributed by atoms with Crippen LogP contribution in [0.5, 0.6) is 0 Å². The molecule has 1 aliphatic heterocycles. The number of rotatable bonds is 8. The summed E-state index contributed by atoms with van der Waals surface area (Å²) in [4.78, 5) is 12.6. The molecule has 1 atom stereocenters. The van der Waals surface area contributed by atoms with Gasteiger partial charge in [0.25, 0.3) is 0 Å². The van der Waals surface area contributed by atoms with Crippen molar-refractivity contribution in [1.82, 2.24) is 24.7 Å². The van der Waals surface area contributed by atoms with Crippen LogP contribution in [0.1, 0.15) is 18.3 Å². The van der Waals surface area contributed by atoms with Crippen molar-refractivity contribution in [3.05, 3.63) is 48.8 Å². The maximum absolute atomic E-state index is 8.65. The fourth-order valence-electron chi connectivity index (χ4n) is 3.05. The minimum Gasteiger partial charge on any atom is -0.377 e. The number of aryl methyl sites for hydroxylation is 2. The Morgan fingerprint density at radius 1 is 1.57 bits per heavy atom. The molecule has 0 unspecified atom stereocenters. The zero-order valence-electron chi connectivity index (χ0n) is 17.3. The molecule has 0 saturated carbocycles. The van der Waals surface area contributed by atoms with E-state index in [-0.39, 0.29) is 6.04 Å². The average molecular weight is 386 g/mol. The summed E-state index contributed by atoms with van der Waals surface area (Å²) in [6.45, 7) is 14.0. The molecule has 152 valence electrons. The van der Waals surface area contributed by atoms with Crippen LogP contribution in [-0.2, 0) is 11.8 Å². The lowest BCUT2D eigenvalue weighted by atomic mass is 10.2. The van der Waals surface area contributed by atoms with E-state index >= 15 is 0 Å². The highest BCUT2D eigenvalue weighted by molar-refractivity contribution is 5.97. The quantitative estimate of drug-likeness (QED) is 0.406. The van der Waals surface area contributed by atoms with Crippen molar-refractivity contribution >= 4 is 17.7 Å². The van der Waals surface area contributed by atoms with E-state index in [1.54, 1.807) is 18.6 Å². The number of amidine groups is 1. The molecule has 1 saturated heterocycles. The van der Waals surface area contributed by atoms with E-state index in [4.69, 9.17) is 10.1 Å². The Morgan fingerprint density at radius 2 is 2.32 bits per heavy atom. The van der Waals surface area contributed by atoms with Gasteiger partial charge in [0.2, 0.25) is 0 Å². The summed E-state index contributed by atoms with van der Waals surface area (Å²) in [6.07, 6.45) is 6.87. The number of aliphatic imine (C=N–C) groups is 1. The van der Waals surface area contributed by atoms with Gasteiger partial charge in [0.15, 0.2) is 0 Å². The first-order valence-electron chi connectivity index (χ1n) is 9.27. The van der Waals surface area contributed by atoms with E-state index < -0.39 is 0 Å². The van der Waals surface area contributed by atoms with E-state index in [0.29, 0.717) is 38.1 Å². The number of allylic oxidation sites excluding steroid dienone is 1. The Balaban J connectivity index is 2.26. The first-order valence-corrected chi connectivity index (χ1v) is 9.27. The van der Waals surface area contributed by atoms with Crippen molar-refractivity contribution in [2.75, 3.05) is 33.5 Å². The van der Waals surface area contributed by atoms with E-state index in [9.17, 15) is 0 Å². The second-order valence-electron chi connectivity index (χ2n) is 6.82. The topological polar surface area (TPSA) is 81.8 Å². The molecule has 2 N–H and O–H groups in total. The first-order chi connectivity index (χ1) is 13.3. The Kier molecular flexibility index (Phi) is 7.57. The molecule has 0 spiro atoms. The monoisotopic (exact) mass is 385 g/mol. The van der Waals surface area contributed by atoms with Crippen LogP contribution >= 0.6 is 0 Å². The second-order valence-corrected chi connectivity index (χ2v) is 6.82. The van der Waals surface area contributed by atoms with Crippen LogP contribution in [0.25, 0.3) is 5.70 Å². The van der Waals surface area contributed by atoms with Crippen molar-refractivity contribution in [3.63, 3.8) is 0 Å². The van der Waals surface area contributed by atoms with Gasteiger partial charge >= 0.3 is 0 Å². The predicted octanol–water partition coefficient (Wildman–Crippen LogP) is 1.97. The average Bonchev–Trinajstić information content (AvgIpc) is 3.00. The molecule has 1 aliphatic rings. The summed E-state index contributed by atoms with van der Waals surface area (Å²) in [7, 11) is 3.92. The van der Waals surface area contributed by atoms with Crippen molar-refractivity contribution in [2.45, 2.75) is 19.9 Å². The highest BCUT2D eigenvalue weighted by Gasteiger charge is 2.22. The number of nitrogens with one attached hydrogen (secondary N) is 2. The van der Waals surface area contributed by atoms with Gasteiger partial charge in [-0.3, -0.25) is 5.41 Å². The maximum atomic E-state index is 8.65. The number of imidazole rings is 1. The molecule has 0 radical (unpaired) electrons. The smallest absolute Gasteiger partial charge is 0.123 e.